The van der Waals surface area contributed by atoms with E-state index in [2.05, 4.69) is 15.5 Å². The highest BCUT2D eigenvalue weighted by molar-refractivity contribution is 5.77. The Bertz CT molecular complexity index is 919. The van der Waals surface area contributed by atoms with Crippen LogP contribution in [0.3, 0.4) is 0 Å². The van der Waals surface area contributed by atoms with E-state index in [0.717, 1.165) is 16.9 Å². The number of hydrogen-bond acceptors (Lipinski definition) is 6. The Labute approximate surface area is 157 Å². The maximum absolute atomic E-state index is 11.9. The van der Waals surface area contributed by atoms with Gasteiger partial charge in [0.15, 0.2) is 6.61 Å². The molecular weight excluding hydrogens is 346 g/mol. The molecule has 2 aromatic carbocycles. The Morgan fingerprint density at radius 1 is 1.07 bits per heavy atom. The molecule has 3 rings (SSSR count). The summed E-state index contributed by atoms with van der Waals surface area (Å²) in [4.78, 5) is 16.2. The first kappa shape index (κ1) is 18.4. The SMILES string of the molecule is COc1ccc(-c2noc(CNC(=O)COc3ccc(C)c(C)c3)n2)cc1. The quantitative estimate of drug-likeness (QED) is 0.691. The fourth-order valence-corrected chi connectivity index (χ4v) is 2.36. The summed E-state index contributed by atoms with van der Waals surface area (Å²) in [7, 11) is 1.61. The van der Waals surface area contributed by atoms with Gasteiger partial charge >= 0.3 is 0 Å². The standard InChI is InChI=1S/C20H21N3O4/c1-13-4-7-17(10-14(13)2)26-12-18(24)21-11-19-22-20(23-27-19)15-5-8-16(25-3)9-6-15/h4-10H,11-12H2,1-3H3,(H,21,24). The molecule has 0 aliphatic heterocycles. The van der Waals surface area contributed by atoms with Crippen molar-refractivity contribution in [2.45, 2.75) is 20.4 Å². The van der Waals surface area contributed by atoms with Crippen LogP contribution < -0.4 is 14.8 Å². The Morgan fingerprint density at radius 2 is 1.81 bits per heavy atom. The zero-order chi connectivity index (χ0) is 19.2. The van der Waals surface area contributed by atoms with Crippen LogP contribution in [0.4, 0.5) is 0 Å². The van der Waals surface area contributed by atoms with Crippen molar-refractivity contribution in [2.75, 3.05) is 13.7 Å². The number of aryl methyl sites for hydroxylation is 2. The van der Waals surface area contributed by atoms with Crippen molar-refractivity contribution in [1.29, 1.82) is 0 Å². The van der Waals surface area contributed by atoms with Gasteiger partial charge in [0.05, 0.1) is 13.7 Å². The van der Waals surface area contributed by atoms with Gasteiger partial charge in [-0.1, -0.05) is 11.2 Å². The predicted octanol–water partition coefficient (Wildman–Crippen LogP) is 3.06. The van der Waals surface area contributed by atoms with Crippen molar-refractivity contribution in [1.82, 2.24) is 15.5 Å². The number of benzene rings is 2. The molecule has 0 bridgehead atoms. The van der Waals surface area contributed by atoms with E-state index in [9.17, 15) is 4.79 Å². The number of hydrogen-bond donors (Lipinski definition) is 1. The molecule has 27 heavy (non-hydrogen) atoms. The number of aromatic nitrogens is 2. The van der Waals surface area contributed by atoms with Crippen LogP contribution in [0.5, 0.6) is 11.5 Å². The van der Waals surface area contributed by atoms with Crippen LogP contribution in [-0.2, 0) is 11.3 Å². The van der Waals surface area contributed by atoms with Gasteiger partial charge in [0.1, 0.15) is 11.5 Å². The normalized spacial score (nSPS) is 10.5. The van der Waals surface area contributed by atoms with Crippen molar-refractivity contribution in [3.8, 4) is 22.9 Å². The monoisotopic (exact) mass is 367 g/mol. The minimum absolute atomic E-state index is 0.0814. The number of ether oxygens (including phenoxy) is 2. The van der Waals surface area contributed by atoms with E-state index >= 15 is 0 Å². The molecular formula is C20H21N3O4. The van der Waals surface area contributed by atoms with E-state index in [1.165, 1.54) is 5.56 Å². The summed E-state index contributed by atoms with van der Waals surface area (Å²) in [6.07, 6.45) is 0. The lowest BCUT2D eigenvalue weighted by Crippen LogP contribution is -2.28. The largest absolute Gasteiger partial charge is 0.497 e. The molecule has 0 saturated carbocycles. The molecule has 0 fully saturated rings. The second-order valence-electron chi connectivity index (χ2n) is 6.05. The first-order chi connectivity index (χ1) is 13.0. The number of nitrogens with one attached hydrogen (secondary N) is 1. The first-order valence-electron chi connectivity index (χ1n) is 8.49. The van der Waals surface area contributed by atoms with Gasteiger partial charge in [0.2, 0.25) is 11.7 Å². The van der Waals surface area contributed by atoms with Gasteiger partial charge < -0.3 is 19.3 Å². The Hall–Kier alpha value is -3.35. The molecule has 1 N–H and O–H groups in total. The highest BCUT2D eigenvalue weighted by Crippen LogP contribution is 2.19. The average Bonchev–Trinajstić information content (AvgIpc) is 3.16. The fourth-order valence-electron chi connectivity index (χ4n) is 2.36. The van der Waals surface area contributed by atoms with Crippen LogP contribution in [0.25, 0.3) is 11.4 Å². The second-order valence-corrected chi connectivity index (χ2v) is 6.05. The number of amides is 1. The lowest BCUT2D eigenvalue weighted by molar-refractivity contribution is -0.123. The topological polar surface area (TPSA) is 86.5 Å². The summed E-state index contributed by atoms with van der Waals surface area (Å²) in [6.45, 7) is 4.08. The third-order valence-corrected chi connectivity index (χ3v) is 4.10. The number of nitrogens with zero attached hydrogens (tertiary/aromatic N) is 2. The average molecular weight is 367 g/mol. The van der Waals surface area contributed by atoms with E-state index in [1.807, 2.05) is 56.3 Å². The van der Waals surface area contributed by atoms with Crippen molar-refractivity contribution in [3.63, 3.8) is 0 Å². The van der Waals surface area contributed by atoms with Crippen LogP contribution in [0, 0.1) is 13.8 Å². The lowest BCUT2D eigenvalue weighted by Gasteiger charge is -2.08. The fraction of sp³-hybridized carbons (Fsp3) is 0.250. The van der Waals surface area contributed by atoms with Crippen LogP contribution in [0.1, 0.15) is 17.0 Å². The van der Waals surface area contributed by atoms with Gasteiger partial charge in [-0.05, 0) is 61.4 Å². The number of rotatable bonds is 7. The number of methoxy groups -OCH3 is 1. The smallest absolute Gasteiger partial charge is 0.258 e. The third kappa shape index (κ3) is 4.84. The zero-order valence-corrected chi connectivity index (χ0v) is 15.5. The molecule has 0 aliphatic rings. The molecule has 140 valence electrons. The zero-order valence-electron chi connectivity index (χ0n) is 15.5. The van der Waals surface area contributed by atoms with E-state index in [-0.39, 0.29) is 19.1 Å². The Balaban J connectivity index is 1.50. The second kappa shape index (κ2) is 8.35. The van der Waals surface area contributed by atoms with Gasteiger partial charge in [0.25, 0.3) is 5.91 Å². The minimum Gasteiger partial charge on any atom is -0.497 e. The van der Waals surface area contributed by atoms with Crippen molar-refractivity contribution in [2.24, 2.45) is 0 Å². The molecule has 1 aromatic heterocycles. The van der Waals surface area contributed by atoms with Gasteiger partial charge in [0, 0.05) is 5.56 Å². The summed E-state index contributed by atoms with van der Waals surface area (Å²) >= 11 is 0. The maximum atomic E-state index is 11.9. The van der Waals surface area contributed by atoms with E-state index < -0.39 is 0 Å². The van der Waals surface area contributed by atoms with Crippen LogP contribution in [0.2, 0.25) is 0 Å². The predicted molar refractivity (Wildman–Crippen MR) is 99.5 cm³/mol. The summed E-state index contributed by atoms with van der Waals surface area (Å²) in [6, 6.07) is 13.0. The molecule has 0 radical (unpaired) electrons. The van der Waals surface area contributed by atoms with E-state index in [4.69, 9.17) is 14.0 Å². The van der Waals surface area contributed by atoms with Gasteiger partial charge in [-0.15, -0.1) is 0 Å². The lowest BCUT2D eigenvalue weighted by atomic mass is 10.1. The minimum atomic E-state index is -0.266. The number of carbonyl (C=O) groups is 1. The summed E-state index contributed by atoms with van der Waals surface area (Å²) in [5.74, 6) is 1.91. The molecule has 0 spiro atoms. The molecule has 0 unspecified atom stereocenters. The molecule has 1 amide bonds. The summed E-state index contributed by atoms with van der Waals surface area (Å²) in [5, 5.41) is 6.62. The van der Waals surface area contributed by atoms with E-state index in [0.29, 0.717) is 17.5 Å². The van der Waals surface area contributed by atoms with Crippen molar-refractivity contribution < 1.29 is 18.8 Å². The van der Waals surface area contributed by atoms with Crippen LogP contribution >= 0.6 is 0 Å². The molecule has 0 saturated heterocycles. The molecule has 3 aromatic rings. The number of carbonyl (C=O) groups excluding carboxylic acids is 1. The van der Waals surface area contributed by atoms with Crippen molar-refractivity contribution >= 4 is 5.91 Å². The Morgan fingerprint density at radius 3 is 2.52 bits per heavy atom. The third-order valence-electron chi connectivity index (χ3n) is 4.10. The molecule has 0 aliphatic carbocycles. The highest BCUT2D eigenvalue weighted by atomic mass is 16.5. The van der Waals surface area contributed by atoms with Crippen molar-refractivity contribution in [3.05, 3.63) is 59.5 Å². The summed E-state index contributed by atoms with van der Waals surface area (Å²) in [5.41, 5.74) is 3.09. The molecule has 0 atom stereocenters. The maximum Gasteiger partial charge on any atom is 0.258 e. The molecule has 1 heterocycles. The first-order valence-corrected chi connectivity index (χ1v) is 8.49. The van der Waals surface area contributed by atoms with Gasteiger partial charge in [-0.25, -0.2) is 0 Å². The highest BCUT2D eigenvalue weighted by Gasteiger charge is 2.10. The molecule has 7 nitrogen and oxygen atoms in total. The van der Waals surface area contributed by atoms with Crippen LogP contribution in [-0.4, -0.2) is 29.8 Å². The van der Waals surface area contributed by atoms with E-state index in [1.54, 1.807) is 7.11 Å². The van der Waals surface area contributed by atoms with Gasteiger partial charge in [-0.3, -0.25) is 4.79 Å². The van der Waals surface area contributed by atoms with Gasteiger partial charge in [-0.2, -0.15) is 4.98 Å². The molecule has 7 heteroatoms. The summed E-state index contributed by atoms with van der Waals surface area (Å²) < 4.78 is 15.8. The van der Waals surface area contributed by atoms with Crippen LogP contribution in [0.15, 0.2) is 47.0 Å². The Kier molecular flexibility index (Phi) is 5.71.